The summed E-state index contributed by atoms with van der Waals surface area (Å²) in [6.07, 6.45) is 9.39. The summed E-state index contributed by atoms with van der Waals surface area (Å²) in [5, 5.41) is 21.1. The fourth-order valence-corrected chi connectivity index (χ4v) is 6.74. The first-order valence-corrected chi connectivity index (χ1v) is 11.5. The van der Waals surface area contributed by atoms with Crippen LogP contribution in [0.3, 0.4) is 0 Å². The summed E-state index contributed by atoms with van der Waals surface area (Å²) in [7, 11) is 0. The van der Waals surface area contributed by atoms with E-state index in [0.717, 1.165) is 55.0 Å². The lowest BCUT2D eigenvalue weighted by molar-refractivity contribution is -0.129. The number of nitrogens with zero attached hydrogens (tertiary/aromatic N) is 2. The van der Waals surface area contributed by atoms with Crippen LogP contribution in [0, 0.1) is 17.8 Å². The van der Waals surface area contributed by atoms with Crippen LogP contribution in [0.25, 0.3) is 0 Å². The van der Waals surface area contributed by atoms with Crippen molar-refractivity contribution in [2.45, 2.75) is 56.7 Å². The van der Waals surface area contributed by atoms with Gasteiger partial charge >= 0.3 is 0 Å². The van der Waals surface area contributed by atoms with E-state index in [0.29, 0.717) is 35.9 Å². The third-order valence-electron chi connectivity index (χ3n) is 7.80. The second-order valence-corrected chi connectivity index (χ2v) is 9.92. The zero-order valence-electron chi connectivity index (χ0n) is 17.6. The van der Waals surface area contributed by atoms with Gasteiger partial charge in [0.25, 0.3) is 5.91 Å². The summed E-state index contributed by atoms with van der Waals surface area (Å²) >= 11 is 0. The molecular formula is C24H29N5O2. The minimum Gasteiger partial charge on any atom is -0.390 e. The largest absolute Gasteiger partial charge is 0.390 e. The summed E-state index contributed by atoms with van der Waals surface area (Å²) in [6.45, 7) is 1.23. The summed E-state index contributed by atoms with van der Waals surface area (Å²) in [6, 6.07) is 6.01. The molecule has 2 aromatic heterocycles. The van der Waals surface area contributed by atoms with E-state index in [1.54, 1.807) is 12.4 Å². The summed E-state index contributed by atoms with van der Waals surface area (Å²) in [5.74, 6) is 2.35. The molecule has 2 aromatic rings. The number of carbonyl (C=O) groups excluding carboxylic acids is 1. The van der Waals surface area contributed by atoms with Crippen LogP contribution < -0.4 is 16.0 Å². The molecule has 7 nitrogen and oxygen atoms in total. The van der Waals surface area contributed by atoms with E-state index in [1.165, 1.54) is 12.8 Å². The first-order valence-electron chi connectivity index (χ1n) is 11.5. The number of pyridine rings is 2. The standard InChI is InChI=1S/C24H29N5O2/c30-23(28-12-17-3-1-2-5-25-17)19-13-27-22-18(4-6-26-22)21(19)29-20-15-7-14-8-16(20)11-24(31,9-14)10-15/h1-3,5,13-16,20,31H,4,6-12H2,(H,28,30)(H2,26,27,29)/t14?,15-,16+,20?,24?. The number of fused-ring (bicyclic) bond motifs is 1. The van der Waals surface area contributed by atoms with Crippen LogP contribution in [0.1, 0.15) is 53.7 Å². The molecule has 162 valence electrons. The van der Waals surface area contributed by atoms with Gasteiger partial charge in [0.2, 0.25) is 0 Å². The molecule has 0 radical (unpaired) electrons. The van der Waals surface area contributed by atoms with E-state index < -0.39 is 5.60 Å². The normalized spacial score (nSPS) is 32.4. The van der Waals surface area contributed by atoms with Crippen molar-refractivity contribution < 1.29 is 9.90 Å². The van der Waals surface area contributed by atoms with E-state index in [1.807, 2.05) is 18.2 Å². The smallest absolute Gasteiger partial charge is 0.255 e. The van der Waals surface area contributed by atoms with Crippen molar-refractivity contribution in [1.82, 2.24) is 15.3 Å². The Kier molecular flexibility index (Phi) is 4.42. The van der Waals surface area contributed by atoms with Gasteiger partial charge in [0.1, 0.15) is 5.82 Å². The van der Waals surface area contributed by atoms with Gasteiger partial charge in [0.05, 0.1) is 29.1 Å². The second kappa shape index (κ2) is 7.19. The van der Waals surface area contributed by atoms with Gasteiger partial charge in [-0.05, 0) is 68.4 Å². The predicted octanol–water partition coefficient (Wildman–Crippen LogP) is 2.73. The molecule has 7 rings (SSSR count). The molecule has 4 aliphatic carbocycles. The van der Waals surface area contributed by atoms with Gasteiger partial charge in [-0.1, -0.05) is 6.07 Å². The summed E-state index contributed by atoms with van der Waals surface area (Å²) in [5.41, 5.74) is 3.01. The Morgan fingerprint density at radius 3 is 2.77 bits per heavy atom. The minimum absolute atomic E-state index is 0.127. The minimum atomic E-state index is -0.459. The average molecular weight is 420 g/mol. The molecule has 4 saturated carbocycles. The van der Waals surface area contributed by atoms with Crippen LogP contribution in [-0.4, -0.2) is 39.2 Å². The van der Waals surface area contributed by atoms with Gasteiger partial charge in [-0.3, -0.25) is 9.78 Å². The van der Waals surface area contributed by atoms with Crippen LogP contribution in [-0.2, 0) is 13.0 Å². The van der Waals surface area contributed by atoms with Crippen molar-refractivity contribution >= 4 is 17.4 Å². The number of aromatic nitrogens is 2. The second-order valence-electron chi connectivity index (χ2n) is 9.92. The van der Waals surface area contributed by atoms with Crippen LogP contribution in [0.5, 0.6) is 0 Å². The highest BCUT2D eigenvalue weighted by Gasteiger charge is 2.55. The Morgan fingerprint density at radius 1 is 1.19 bits per heavy atom. The van der Waals surface area contributed by atoms with Gasteiger partial charge in [-0.2, -0.15) is 0 Å². The van der Waals surface area contributed by atoms with Gasteiger partial charge in [0, 0.05) is 30.5 Å². The molecule has 5 atom stereocenters. The SMILES string of the molecule is O=C(NCc1ccccn1)c1cnc2c(c1NC1[C@@H]3CC4C[C@H]1CC(O)(C4)C3)CCN2. The third-order valence-corrected chi connectivity index (χ3v) is 7.80. The van der Waals surface area contributed by atoms with Crippen molar-refractivity contribution in [1.29, 1.82) is 0 Å². The zero-order valence-corrected chi connectivity index (χ0v) is 17.6. The van der Waals surface area contributed by atoms with Crippen molar-refractivity contribution in [3.05, 3.63) is 47.4 Å². The van der Waals surface area contributed by atoms with Crippen LogP contribution in [0.4, 0.5) is 11.5 Å². The Balaban J connectivity index is 1.28. The number of hydrogen-bond donors (Lipinski definition) is 4. The van der Waals surface area contributed by atoms with E-state index in [-0.39, 0.29) is 5.91 Å². The Hall–Kier alpha value is -2.67. The molecule has 1 amide bonds. The Morgan fingerprint density at radius 2 is 2.03 bits per heavy atom. The molecule has 0 saturated heterocycles. The molecule has 0 aromatic carbocycles. The lowest BCUT2D eigenvalue weighted by atomic mass is 9.52. The quantitative estimate of drug-likeness (QED) is 0.595. The van der Waals surface area contributed by atoms with Crippen molar-refractivity contribution in [2.75, 3.05) is 17.2 Å². The van der Waals surface area contributed by atoms with Crippen LogP contribution in [0.15, 0.2) is 30.6 Å². The van der Waals surface area contributed by atoms with Crippen molar-refractivity contribution in [3.63, 3.8) is 0 Å². The molecule has 3 heterocycles. The topological polar surface area (TPSA) is 99.2 Å². The summed E-state index contributed by atoms with van der Waals surface area (Å²) in [4.78, 5) is 22.0. The Bertz CT molecular complexity index is 995. The first kappa shape index (κ1) is 19.0. The number of aliphatic hydroxyl groups is 1. The maximum atomic E-state index is 13.2. The number of amides is 1. The van der Waals surface area contributed by atoms with E-state index in [9.17, 15) is 9.90 Å². The van der Waals surface area contributed by atoms with E-state index in [2.05, 4.69) is 25.9 Å². The number of anilines is 2. The van der Waals surface area contributed by atoms with Gasteiger partial charge in [-0.15, -0.1) is 0 Å². The molecule has 4 bridgehead atoms. The van der Waals surface area contributed by atoms with Crippen LogP contribution >= 0.6 is 0 Å². The number of nitrogens with one attached hydrogen (secondary N) is 3. The maximum absolute atomic E-state index is 13.2. The third kappa shape index (κ3) is 3.35. The number of hydrogen-bond acceptors (Lipinski definition) is 6. The molecule has 1 aliphatic heterocycles. The van der Waals surface area contributed by atoms with Crippen molar-refractivity contribution in [2.24, 2.45) is 17.8 Å². The molecule has 31 heavy (non-hydrogen) atoms. The van der Waals surface area contributed by atoms with Gasteiger partial charge in [-0.25, -0.2) is 4.98 Å². The van der Waals surface area contributed by atoms with Crippen molar-refractivity contribution in [3.8, 4) is 0 Å². The molecule has 5 aliphatic rings. The highest BCUT2D eigenvalue weighted by Crippen LogP contribution is 2.56. The zero-order chi connectivity index (χ0) is 21.0. The highest BCUT2D eigenvalue weighted by atomic mass is 16.3. The first-order chi connectivity index (χ1) is 15.1. The van der Waals surface area contributed by atoms with E-state index >= 15 is 0 Å². The van der Waals surface area contributed by atoms with Crippen LogP contribution in [0.2, 0.25) is 0 Å². The lowest BCUT2D eigenvalue weighted by Crippen LogP contribution is -2.59. The van der Waals surface area contributed by atoms with Gasteiger partial charge < -0.3 is 21.1 Å². The lowest BCUT2D eigenvalue weighted by Gasteiger charge is -2.58. The molecule has 7 heteroatoms. The molecule has 3 unspecified atom stereocenters. The molecule has 4 fully saturated rings. The molecule has 4 N–H and O–H groups in total. The average Bonchev–Trinajstić information content (AvgIpc) is 3.23. The Labute approximate surface area is 182 Å². The molecule has 0 spiro atoms. The molecular weight excluding hydrogens is 390 g/mol. The number of rotatable bonds is 5. The maximum Gasteiger partial charge on any atom is 0.255 e. The fraction of sp³-hybridized carbons (Fsp3) is 0.542. The monoisotopic (exact) mass is 419 g/mol. The summed E-state index contributed by atoms with van der Waals surface area (Å²) < 4.78 is 0. The highest BCUT2D eigenvalue weighted by molar-refractivity contribution is 6.01. The van der Waals surface area contributed by atoms with E-state index in [4.69, 9.17) is 0 Å². The fourth-order valence-electron chi connectivity index (χ4n) is 6.74. The predicted molar refractivity (Wildman–Crippen MR) is 118 cm³/mol. The van der Waals surface area contributed by atoms with Gasteiger partial charge in [0.15, 0.2) is 0 Å². The number of carbonyl (C=O) groups is 1.